The second-order valence-corrected chi connectivity index (χ2v) is 6.93. The highest BCUT2D eigenvalue weighted by atomic mass is 19.1. The predicted octanol–water partition coefficient (Wildman–Crippen LogP) is 4.17. The van der Waals surface area contributed by atoms with Gasteiger partial charge in [-0.1, -0.05) is 12.1 Å². The first-order chi connectivity index (χ1) is 13.4. The molecule has 144 valence electrons. The quantitative estimate of drug-likeness (QED) is 0.692. The maximum Gasteiger partial charge on any atom is 0.404 e. The van der Waals surface area contributed by atoms with Gasteiger partial charge in [0.15, 0.2) is 17.3 Å². The van der Waals surface area contributed by atoms with Gasteiger partial charge in [-0.2, -0.15) is 5.10 Å². The molecule has 2 N–H and O–H groups in total. The molecule has 2 aromatic carbocycles. The number of benzene rings is 2. The molecule has 1 heterocycles. The lowest BCUT2D eigenvalue weighted by Crippen LogP contribution is -2.20. The molecule has 3 aromatic rings. The average molecular weight is 384 g/mol. The van der Waals surface area contributed by atoms with E-state index >= 15 is 0 Å². The van der Waals surface area contributed by atoms with Gasteiger partial charge in [-0.3, -0.25) is 0 Å². The molecule has 0 saturated heterocycles. The van der Waals surface area contributed by atoms with E-state index in [1.54, 1.807) is 12.1 Å². The molecule has 6 nitrogen and oxygen atoms in total. The first-order valence-corrected chi connectivity index (χ1v) is 8.90. The molecule has 1 amide bonds. The average Bonchev–Trinajstić information content (AvgIpc) is 3.39. The third kappa shape index (κ3) is 3.58. The topological polar surface area (TPSA) is 80.0 Å². The molecule has 28 heavy (non-hydrogen) atoms. The third-order valence-electron chi connectivity index (χ3n) is 4.85. The van der Waals surface area contributed by atoms with Crippen molar-refractivity contribution < 1.29 is 18.7 Å². The van der Waals surface area contributed by atoms with Gasteiger partial charge in [0.2, 0.25) is 0 Å². The first kappa shape index (κ1) is 18.1. The minimum absolute atomic E-state index is 0.148. The molecule has 1 fully saturated rings. The molecule has 1 aromatic heterocycles. The van der Waals surface area contributed by atoms with Crippen LogP contribution in [0.5, 0.6) is 0 Å². The number of rotatable bonds is 5. The van der Waals surface area contributed by atoms with Gasteiger partial charge in [0, 0.05) is 12.1 Å². The number of nitrogens with one attached hydrogen (secondary N) is 1. The van der Waals surface area contributed by atoms with Crippen molar-refractivity contribution in [2.45, 2.75) is 32.2 Å². The zero-order valence-corrected chi connectivity index (χ0v) is 15.1. The Hall–Kier alpha value is -3.29. The molecule has 1 saturated carbocycles. The highest BCUT2D eigenvalue weighted by molar-refractivity contribution is 5.65. The third-order valence-corrected chi connectivity index (χ3v) is 4.85. The lowest BCUT2D eigenvalue weighted by Gasteiger charge is -2.08. The van der Waals surface area contributed by atoms with Crippen molar-refractivity contribution in [1.82, 2.24) is 20.3 Å². The van der Waals surface area contributed by atoms with Gasteiger partial charge >= 0.3 is 6.09 Å². The fourth-order valence-corrected chi connectivity index (χ4v) is 3.12. The molecule has 0 atom stereocenters. The van der Waals surface area contributed by atoms with E-state index in [1.165, 1.54) is 18.3 Å². The number of aryl methyl sites for hydroxylation is 1. The zero-order chi connectivity index (χ0) is 19.8. The highest BCUT2D eigenvalue weighted by Gasteiger charge is 2.26. The highest BCUT2D eigenvalue weighted by Crippen LogP contribution is 2.41. The normalized spacial score (nSPS) is 13.5. The summed E-state index contributed by atoms with van der Waals surface area (Å²) in [6.07, 6.45) is 2.22. The summed E-state index contributed by atoms with van der Waals surface area (Å²) in [4.78, 5) is 11.7. The van der Waals surface area contributed by atoms with Gasteiger partial charge in [-0.15, -0.1) is 9.90 Å². The fraction of sp³-hybridized carbons (Fsp3) is 0.250. The standard InChI is InChI=1S/C20H18F2N4O2/c1-11-2-3-13(6-15(11)9-23-20(27)28)18-10-24-26(25-18)19-16(21)7-14(8-17(19)22)12-4-5-12/h2-3,6-8,10,12,23H,4-5,9H2,1H3,(H,27,28). The summed E-state index contributed by atoms with van der Waals surface area (Å²) in [6.45, 7) is 2.01. The Morgan fingerprint density at radius 3 is 2.61 bits per heavy atom. The van der Waals surface area contributed by atoms with E-state index in [2.05, 4.69) is 15.5 Å². The molecule has 0 bridgehead atoms. The SMILES string of the molecule is Cc1ccc(-c2cnn(-c3c(F)cc(C4CC4)cc3F)n2)cc1CNC(=O)O. The van der Waals surface area contributed by atoms with Crippen LogP contribution in [0.15, 0.2) is 36.5 Å². The number of hydrogen-bond donors (Lipinski definition) is 2. The Morgan fingerprint density at radius 2 is 1.96 bits per heavy atom. The molecular formula is C20H18F2N4O2. The fourth-order valence-electron chi connectivity index (χ4n) is 3.12. The van der Waals surface area contributed by atoms with E-state index in [0.29, 0.717) is 16.8 Å². The van der Waals surface area contributed by atoms with Crippen LogP contribution in [0.3, 0.4) is 0 Å². The van der Waals surface area contributed by atoms with Gasteiger partial charge in [-0.25, -0.2) is 13.6 Å². The number of hydrogen-bond acceptors (Lipinski definition) is 3. The molecule has 4 rings (SSSR count). The Kier molecular flexibility index (Phi) is 4.54. The second-order valence-electron chi connectivity index (χ2n) is 6.93. The van der Waals surface area contributed by atoms with Crippen molar-refractivity contribution >= 4 is 6.09 Å². The van der Waals surface area contributed by atoms with Crippen LogP contribution in [0, 0.1) is 18.6 Å². The van der Waals surface area contributed by atoms with Crippen molar-refractivity contribution in [2.75, 3.05) is 0 Å². The van der Waals surface area contributed by atoms with Crippen LogP contribution < -0.4 is 5.32 Å². The van der Waals surface area contributed by atoms with Crippen LogP contribution in [-0.2, 0) is 6.54 Å². The summed E-state index contributed by atoms with van der Waals surface area (Å²) < 4.78 is 29.0. The maximum absolute atomic E-state index is 14.5. The van der Waals surface area contributed by atoms with Crippen molar-refractivity contribution in [3.63, 3.8) is 0 Å². The van der Waals surface area contributed by atoms with E-state index in [1.807, 2.05) is 13.0 Å². The van der Waals surface area contributed by atoms with E-state index < -0.39 is 17.7 Å². The summed E-state index contributed by atoms with van der Waals surface area (Å²) in [5.74, 6) is -1.15. The molecule has 0 radical (unpaired) electrons. The minimum Gasteiger partial charge on any atom is -0.465 e. The lowest BCUT2D eigenvalue weighted by molar-refractivity contribution is 0.194. The van der Waals surface area contributed by atoms with Gasteiger partial charge in [0.05, 0.1) is 6.20 Å². The number of carbonyl (C=O) groups is 1. The van der Waals surface area contributed by atoms with Crippen LogP contribution in [0.1, 0.15) is 35.4 Å². The van der Waals surface area contributed by atoms with E-state index in [9.17, 15) is 13.6 Å². The molecule has 0 spiro atoms. The Morgan fingerprint density at radius 1 is 1.25 bits per heavy atom. The van der Waals surface area contributed by atoms with Crippen LogP contribution >= 0.6 is 0 Å². The van der Waals surface area contributed by atoms with Gasteiger partial charge < -0.3 is 10.4 Å². The molecule has 1 aliphatic rings. The lowest BCUT2D eigenvalue weighted by atomic mass is 10.0. The number of carboxylic acid groups (broad SMARTS) is 1. The summed E-state index contributed by atoms with van der Waals surface area (Å²) in [5, 5.41) is 19.3. The van der Waals surface area contributed by atoms with Crippen LogP contribution in [0.25, 0.3) is 16.9 Å². The minimum atomic E-state index is -1.11. The summed E-state index contributed by atoms with van der Waals surface area (Å²) in [6, 6.07) is 8.11. The number of halogens is 2. The zero-order valence-electron chi connectivity index (χ0n) is 15.1. The molecule has 8 heteroatoms. The largest absolute Gasteiger partial charge is 0.465 e. The first-order valence-electron chi connectivity index (χ1n) is 8.90. The Bertz CT molecular complexity index is 1040. The van der Waals surface area contributed by atoms with Crippen LogP contribution in [0.4, 0.5) is 13.6 Å². The van der Waals surface area contributed by atoms with Gasteiger partial charge in [-0.05, 0) is 60.6 Å². The smallest absolute Gasteiger partial charge is 0.404 e. The number of amides is 1. The van der Waals surface area contributed by atoms with Crippen LogP contribution in [-0.4, -0.2) is 26.2 Å². The molecular weight excluding hydrogens is 366 g/mol. The van der Waals surface area contributed by atoms with Gasteiger partial charge in [0.1, 0.15) is 5.69 Å². The van der Waals surface area contributed by atoms with E-state index in [4.69, 9.17) is 5.11 Å². The number of nitrogens with zero attached hydrogens (tertiary/aromatic N) is 3. The van der Waals surface area contributed by atoms with Crippen molar-refractivity contribution in [3.8, 4) is 16.9 Å². The molecule has 0 unspecified atom stereocenters. The summed E-state index contributed by atoms with van der Waals surface area (Å²) >= 11 is 0. The predicted molar refractivity (Wildman–Crippen MR) is 98.3 cm³/mol. The summed E-state index contributed by atoms with van der Waals surface area (Å²) in [5.41, 5.74) is 3.16. The summed E-state index contributed by atoms with van der Waals surface area (Å²) in [7, 11) is 0. The van der Waals surface area contributed by atoms with Crippen molar-refractivity contribution in [1.29, 1.82) is 0 Å². The monoisotopic (exact) mass is 384 g/mol. The van der Waals surface area contributed by atoms with Gasteiger partial charge in [0.25, 0.3) is 0 Å². The van der Waals surface area contributed by atoms with Crippen LogP contribution in [0.2, 0.25) is 0 Å². The van der Waals surface area contributed by atoms with Crippen molar-refractivity contribution in [2.24, 2.45) is 0 Å². The molecule has 1 aliphatic carbocycles. The number of aromatic nitrogens is 3. The molecule has 0 aliphatic heterocycles. The maximum atomic E-state index is 14.5. The van der Waals surface area contributed by atoms with E-state index in [-0.39, 0.29) is 18.2 Å². The second kappa shape index (κ2) is 7.03. The van der Waals surface area contributed by atoms with E-state index in [0.717, 1.165) is 28.8 Å². The Balaban J connectivity index is 1.65. The van der Waals surface area contributed by atoms with Crippen molar-refractivity contribution in [3.05, 3.63) is 64.9 Å². The Labute approximate surface area is 159 Å².